The zero-order valence-corrected chi connectivity index (χ0v) is 12.0. The first kappa shape index (κ1) is 14.3. The third-order valence-electron chi connectivity index (χ3n) is 3.28. The lowest BCUT2D eigenvalue weighted by molar-refractivity contribution is 0.589. The molecule has 0 amide bonds. The molecule has 0 aromatic heterocycles. The molecule has 2 aromatic carbocycles. The summed E-state index contributed by atoms with van der Waals surface area (Å²) in [4.78, 5) is 0. The van der Waals surface area contributed by atoms with Gasteiger partial charge < -0.3 is 0 Å². The molecule has 0 unspecified atom stereocenters. The molecule has 0 heterocycles. The first-order valence-corrected chi connectivity index (χ1v) is 6.49. The summed E-state index contributed by atoms with van der Waals surface area (Å²) in [6.07, 6.45) is 0. The Morgan fingerprint density at radius 1 is 0.789 bits per heavy atom. The molecule has 0 aliphatic carbocycles. The molecule has 0 fully saturated rings. The highest BCUT2D eigenvalue weighted by atomic mass is 35.5. The number of rotatable bonds is 2. The fourth-order valence-electron chi connectivity index (χ4n) is 1.94. The lowest BCUT2D eigenvalue weighted by Crippen LogP contribution is -2.19. The van der Waals surface area contributed by atoms with Gasteiger partial charge in [-0.05, 0) is 35.4 Å². The van der Waals surface area contributed by atoms with Crippen LogP contribution in [0.1, 0.15) is 25.0 Å². The Labute approximate surface area is 121 Å². The second-order valence-corrected chi connectivity index (χ2v) is 5.70. The molecule has 0 aliphatic rings. The van der Waals surface area contributed by atoms with Crippen molar-refractivity contribution in [2.75, 3.05) is 0 Å². The average molecular weight is 301 g/mol. The molecule has 2 aromatic rings. The normalized spacial score (nSPS) is 11.7. The molecular formula is C15H12Cl2F2. The van der Waals surface area contributed by atoms with Gasteiger partial charge in [0, 0.05) is 5.41 Å². The lowest BCUT2D eigenvalue weighted by Gasteiger charge is -2.26. The van der Waals surface area contributed by atoms with Gasteiger partial charge in [-0.25, -0.2) is 8.78 Å². The van der Waals surface area contributed by atoms with Gasteiger partial charge in [0.2, 0.25) is 0 Å². The molecule has 0 nitrogen and oxygen atoms in total. The van der Waals surface area contributed by atoms with E-state index in [1.807, 2.05) is 13.8 Å². The minimum atomic E-state index is -0.545. The van der Waals surface area contributed by atoms with Gasteiger partial charge in [-0.1, -0.05) is 49.2 Å². The molecule has 0 bridgehead atoms. The van der Waals surface area contributed by atoms with Crippen molar-refractivity contribution in [3.8, 4) is 0 Å². The number of halogens is 4. The van der Waals surface area contributed by atoms with Gasteiger partial charge in [0.25, 0.3) is 0 Å². The third kappa shape index (κ3) is 2.75. The molecule has 0 aliphatic heterocycles. The molecule has 0 saturated heterocycles. The molecule has 100 valence electrons. The molecular weight excluding hydrogens is 289 g/mol. The van der Waals surface area contributed by atoms with Crippen LogP contribution in [0.4, 0.5) is 8.78 Å². The summed E-state index contributed by atoms with van der Waals surface area (Å²) in [6, 6.07) is 9.21. The standard InChI is InChI=1S/C15H12Cl2F2/c1-15(2,9-3-5-11(16)13(18)7-9)10-4-6-12(17)14(19)8-10/h3-8H,1-2H3. The van der Waals surface area contributed by atoms with E-state index in [1.165, 1.54) is 24.3 Å². The second kappa shape index (κ2) is 5.10. The molecule has 0 saturated carbocycles. The van der Waals surface area contributed by atoms with E-state index in [9.17, 15) is 8.78 Å². The molecule has 19 heavy (non-hydrogen) atoms. The summed E-state index contributed by atoms with van der Waals surface area (Å²) >= 11 is 11.3. The van der Waals surface area contributed by atoms with Crippen molar-refractivity contribution >= 4 is 23.2 Å². The summed E-state index contributed by atoms with van der Waals surface area (Å²) in [5, 5.41) is 0.142. The van der Waals surface area contributed by atoms with Gasteiger partial charge in [-0.3, -0.25) is 0 Å². The molecule has 0 N–H and O–H groups in total. The van der Waals surface area contributed by atoms with E-state index in [0.717, 1.165) is 11.1 Å². The predicted octanol–water partition coefficient (Wildman–Crippen LogP) is 5.60. The summed E-state index contributed by atoms with van der Waals surface area (Å²) < 4.78 is 27.1. The van der Waals surface area contributed by atoms with Crippen molar-refractivity contribution in [2.24, 2.45) is 0 Å². The topological polar surface area (TPSA) is 0 Å². The van der Waals surface area contributed by atoms with Crippen molar-refractivity contribution in [1.82, 2.24) is 0 Å². The van der Waals surface area contributed by atoms with E-state index in [4.69, 9.17) is 23.2 Å². The highest BCUT2D eigenvalue weighted by Gasteiger charge is 2.25. The average Bonchev–Trinajstić information content (AvgIpc) is 2.35. The number of hydrogen-bond acceptors (Lipinski definition) is 0. The predicted molar refractivity (Wildman–Crippen MR) is 74.9 cm³/mol. The van der Waals surface area contributed by atoms with Gasteiger partial charge in [-0.2, -0.15) is 0 Å². The van der Waals surface area contributed by atoms with Gasteiger partial charge >= 0.3 is 0 Å². The summed E-state index contributed by atoms with van der Waals surface area (Å²) in [5.41, 5.74) is 0.892. The Balaban J connectivity index is 2.51. The maximum Gasteiger partial charge on any atom is 0.142 e. The molecule has 0 atom stereocenters. The zero-order valence-electron chi connectivity index (χ0n) is 10.5. The maximum absolute atomic E-state index is 13.5. The lowest BCUT2D eigenvalue weighted by atomic mass is 9.78. The Hall–Kier alpha value is -1.12. The maximum atomic E-state index is 13.5. The van der Waals surface area contributed by atoms with Crippen LogP contribution >= 0.6 is 23.2 Å². The Bertz CT molecular complexity index is 568. The van der Waals surface area contributed by atoms with Crippen LogP contribution in [0, 0.1) is 11.6 Å². The van der Waals surface area contributed by atoms with Crippen LogP contribution in [0.5, 0.6) is 0 Å². The number of hydrogen-bond donors (Lipinski definition) is 0. The van der Waals surface area contributed by atoms with Crippen LogP contribution in [0.25, 0.3) is 0 Å². The van der Waals surface area contributed by atoms with Crippen LogP contribution in [0.3, 0.4) is 0 Å². The first-order valence-electron chi connectivity index (χ1n) is 5.73. The monoisotopic (exact) mass is 300 g/mol. The van der Waals surface area contributed by atoms with Crippen molar-refractivity contribution in [3.63, 3.8) is 0 Å². The second-order valence-electron chi connectivity index (χ2n) is 4.88. The van der Waals surface area contributed by atoms with Crippen LogP contribution < -0.4 is 0 Å². The van der Waals surface area contributed by atoms with E-state index in [2.05, 4.69) is 0 Å². The zero-order chi connectivity index (χ0) is 14.2. The van der Waals surface area contributed by atoms with Gasteiger partial charge in [0.05, 0.1) is 10.0 Å². The van der Waals surface area contributed by atoms with Crippen molar-refractivity contribution in [1.29, 1.82) is 0 Å². The van der Waals surface area contributed by atoms with E-state index in [-0.39, 0.29) is 10.0 Å². The third-order valence-corrected chi connectivity index (χ3v) is 3.90. The Kier molecular flexibility index (Phi) is 3.84. The van der Waals surface area contributed by atoms with Crippen molar-refractivity contribution < 1.29 is 8.78 Å². The molecule has 4 heteroatoms. The highest BCUT2D eigenvalue weighted by Crippen LogP contribution is 2.34. The van der Waals surface area contributed by atoms with Crippen molar-refractivity contribution in [3.05, 3.63) is 69.2 Å². The molecule has 0 spiro atoms. The van der Waals surface area contributed by atoms with Gasteiger partial charge in [-0.15, -0.1) is 0 Å². The Morgan fingerprint density at radius 3 is 1.47 bits per heavy atom. The van der Waals surface area contributed by atoms with E-state index >= 15 is 0 Å². The first-order chi connectivity index (χ1) is 8.82. The minimum absolute atomic E-state index is 0.0711. The van der Waals surface area contributed by atoms with E-state index in [0.29, 0.717) is 0 Å². The molecule has 2 rings (SSSR count). The van der Waals surface area contributed by atoms with E-state index in [1.54, 1.807) is 12.1 Å². The van der Waals surface area contributed by atoms with Gasteiger partial charge in [0.1, 0.15) is 11.6 Å². The highest BCUT2D eigenvalue weighted by molar-refractivity contribution is 6.31. The van der Waals surface area contributed by atoms with Crippen LogP contribution in [-0.2, 0) is 5.41 Å². The fourth-order valence-corrected chi connectivity index (χ4v) is 2.17. The van der Waals surface area contributed by atoms with E-state index < -0.39 is 17.0 Å². The summed E-state index contributed by atoms with van der Waals surface area (Å²) in [6.45, 7) is 3.77. The van der Waals surface area contributed by atoms with Gasteiger partial charge in [0.15, 0.2) is 0 Å². The Morgan fingerprint density at radius 2 is 1.16 bits per heavy atom. The minimum Gasteiger partial charge on any atom is -0.205 e. The number of benzene rings is 2. The quantitative estimate of drug-likeness (QED) is 0.677. The summed E-state index contributed by atoms with van der Waals surface area (Å²) in [5.74, 6) is -0.969. The smallest absolute Gasteiger partial charge is 0.142 e. The SMILES string of the molecule is CC(C)(c1ccc(Cl)c(F)c1)c1ccc(Cl)c(F)c1. The fraction of sp³-hybridized carbons (Fsp3) is 0.200. The van der Waals surface area contributed by atoms with Crippen LogP contribution in [0.2, 0.25) is 10.0 Å². The van der Waals surface area contributed by atoms with Crippen LogP contribution in [-0.4, -0.2) is 0 Å². The van der Waals surface area contributed by atoms with Crippen molar-refractivity contribution in [2.45, 2.75) is 19.3 Å². The van der Waals surface area contributed by atoms with Crippen LogP contribution in [0.15, 0.2) is 36.4 Å². The molecule has 0 radical (unpaired) electrons. The largest absolute Gasteiger partial charge is 0.205 e. The summed E-state index contributed by atoms with van der Waals surface area (Å²) in [7, 11) is 0.